The molecule has 3 nitrogen and oxygen atoms in total. The fourth-order valence-electron chi connectivity index (χ4n) is 1.72. The van der Waals surface area contributed by atoms with E-state index in [-0.39, 0.29) is 5.97 Å². The van der Waals surface area contributed by atoms with Crippen molar-refractivity contribution in [3.63, 3.8) is 0 Å². The first-order valence-corrected chi connectivity index (χ1v) is 7.49. The van der Waals surface area contributed by atoms with Crippen LogP contribution >= 0.6 is 23.1 Å². The van der Waals surface area contributed by atoms with Crippen molar-refractivity contribution in [3.05, 3.63) is 16.1 Å². The van der Waals surface area contributed by atoms with Gasteiger partial charge in [-0.15, -0.1) is 11.3 Å². The van der Waals surface area contributed by atoms with Gasteiger partial charge in [0.15, 0.2) is 0 Å². The van der Waals surface area contributed by atoms with Gasteiger partial charge in [0.25, 0.3) is 0 Å². The van der Waals surface area contributed by atoms with Gasteiger partial charge in [0, 0.05) is 5.92 Å². The maximum absolute atomic E-state index is 11.5. The fourth-order valence-corrected chi connectivity index (χ4v) is 3.80. The average Bonchev–Trinajstić information content (AvgIpc) is 2.80. The first-order chi connectivity index (χ1) is 7.81. The Kier molecular flexibility index (Phi) is 4.23. The number of hydrogen-bond acceptors (Lipinski definition) is 5. The van der Waals surface area contributed by atoms with E-state index in [1.54, 1.807) is 6.20 Å². The monoisotopic (exact) mass is 257 g/mol. The fraction of sp³-hybridized carbons (Fsp3) is 0.636. The van der Waals surface area contributed by atoms with Gasteiger partial charge >= 0.3 is 5.97 Å². The molecule has 1 aromatic rings. The number of carbonyl (C=O) groups excluding carboxylic acids is 1. The molecular formula is C11H15NO2S2. The summed E-state index contributed by atoms with van der Waals surface area (Å²) in [5.74, 6) is 2.73. The van der Waals surface area contributed by atoms with Crippen LogP contribution in [0, 0.1) is 0 Å². The van der Waals surface area contributed by atoms with Crippen LogP contribution < -0.4 is 0 Å². The molecule has 5 heteroatoms. The second-order valence-electron chi connectivity index (χ2n) is 3.67. The minimum absolute atomic E-state index is 0.239. The van der Waals surface area contributed by atoms with Gasteiger partial charge in [0.1, 0.15) is 4.88 Å². The number of thioether (sulfide) groups is 1. The predicted molar refractivity (Wildman–Crippen MR) is 67.4 cm³/mol. The lowest BCUT2D eigenvalue weighted by Crippen LogP contribution is -2.07. The highest BCUT2D eigenvalue weighted by Gasteiger charge is 2.20. The Morgan fingerprint density at radius 3 is 3.00 bits per heavy atom. The molecule has 0 unspecified atom stereocenters. The second kappa shape index (κ2) is 5.68. The molecule has 1 saturated heterocycles. The molecule has 0 bridgehead atoms. The molecule has 0 radical (unpaired) electrons. The van der Waals surface area contributed by atoms with E-state index in [1.165, 1.54) is 35.7 Å². The van der Waals surface area contributed by atoms with E-state index in [0.29, 0.717) is 17.4 Å². The predicted octanol–water partition coefficient (Wildman–Crippen LogP) is 2.93. The Labute approximate surface area is 104 Å². The van der Waals surface area contributed by atoms with Crippen molar-refractivity contribution in [2.45, 2.75) is 25.7 Å². The molecule has 0 saturated carbocycles. The maximum Gasteiger partial charge on any atom is 0.349 e. The lowest BCUT2D eigenvalue weighted by Gasteiger charge is -2.18. The Morgan fingerprint density at radius 1 is 1.56 bits per heavy atom. The third-order valence-electron chi connectivity index (χ3n) is 2.57. The summed E-state index contributed by atoms with van der Waals surface area (Å²) in [5.41, 5.74) is 0. The third kappa shape index (κ3) is 2.77. The Balaban J connectivity index is 2.03. The molecule has 0 aromatic carbocycles. The molecule has 0 amide bonds. The van der Waals surface area contributed by atoms with Crippen molar-refractivity contribution in [3.8, 4) is 0 Å². The van der Waals surface area contributed by atoms with Crippen LogP contribution in [0.2, 0.25) is 0 Å². The van der Waals surface area contributed by atoms with Crippen molar-refractivity contribution in [2.24, 2.45) is 0 Å². The van der Waals surface area contributed by atoms with Crippen molar-refractivity contribution in [2.75, 3.05) is 18.1 Å². The maximum atomic E-state index is 11.5. The summed E-state index contributed by atoms with van der Waals surface area (Å²) in [6.07, 6.45) is 4.01. The van der Waals surface area contributed by atoms with Crippen molar-refractivity contribution >= 4 is 29.1 Å². The minimum Gasteiger partial charge on any atom is -0.462 e. The van der Waals surface area contributed by atoms with Gasteiger partial charge in [-0.1, -0.05) is 0 Å². The lowest BCUT2D eigenvalue weighted by molar-refractivity contribution is 0.0532. The minimum atomic E-state index is -0.239. The summed E-state index contributed by atoms with van der Waals surface area (Å²) in [4.78, 5) is 16.5. The first kappa shape index (κ1) is 11.9. The Bertz CT molecular complexity index is 359. The van der Waals surface area contributed by atoms with Gasteiger partial charge in [0.05, 0.1) is 17.8 Å². The first-order valence-electron chi connectivity index (χ1n) is 5.52. The summed E-state index contributed by atoms with van der Waals surface area (Å²) in [6, 6.07) is 0. The number of rotatable bonds is 3. The van der Waals surface area contributed by atoms with Crippen LogP contribution in [-0.2, 0) is 4.74 Å². The average molecular weight is 257 g/mol. The van der Waals surface area contributed by atoms with Gasteiger partial charge in [0.2, 0.25) is 0 Å². The van der Waals surface area contributed by atoms with E-state index >= 15 is 0 Å². The molecular weight excluding hydrogens is 242 g/mol. The van der Waals surface area contributed by atoms with E-state index in [4.69, 9.17) is 4.74 Å². The summed E-state index contributed by atoms with van der Waals surface area (Å²) in [5, 5.41) is 1.10. The summed E-state index contributed by atoms with van der Waals surface area (Å²) in [6.45, 7) is 2.24. The van der Waals surface area contributed by atoms with E-state index in [9.17, 15) is 4.79 Å². The largest absolute Gasteiger partial charge is 0.462 e. The van der Waals surface area contributed by atoms with Gasteiger partial charge < -0.3 is 4.74 Å². The molecule has 2 rings (SSSR count). The van der Waals surface area contributed by atoms with Crippen LogP contribution in [0.4, 0.5) is 0 Å². The molecule has 0 spiro atoms. The molecule has 0 N–H and O–H groups in total. The standard InChI is InChI=1S/C11H15NO2S2/c1-2-14-11(13)9-7-12-10(16-9)8-3-5-15-6-4-8/h7-8H,2-6H2,1H3. The molecule has 1 fully saturated rings. The van der Waals surface area contributed by atoms with Gasteiger partial charge in [-0.2, -0.15) is 11.8 Å². The topological polar surface area (TPSA) is 39.2 Å². The number of thiazole rings is 1. The highest BCUT2D eigenvalue weighted by molar-refractivity contribution is 7.99. The smallest absolute Gasteiger partial charge is 0.349 e. The molecule has 1 aromatic heterocycles. The number of carbonyl (C=O) groups is 1. The second-order valence-corrected chi connectivity index (χ2v) is 5.96. The quantitative estimate of drug-likeness (QED) is 0.780. The highest BCUT2D eigenvalue weighted by atomic mass is 32.2. The summed E-state index contributed by atoms with van der Waals surface area (Å²) in [7, 11) is 0. The van der Waals surface area contributed by atoms with Crippen molar-refractivity contribution in [1.29, 1.82) is 0 Å². The van der Waals surface area contributed by atoms with Crippen molar-refractivity contribution in [1.82, 2.24) is 4.98 Å². The van der Waals surface area contributed by atoms with Gasteiger partial charge in [-0.05, 0) is 31.3 Å². The normalized spacial score (nSPS) is 17.3. The van der Waals surface area contributed by atoms with E-state index in [0.717, 1.165) is 5.01 Å². The van der Waals surface area contributed by atoms with Crippen LogP contribution in [0.1, 0.15) is 40.4 Å². The lowest BCUT2D eigenvalue weighted by atomic mass is 10.0. The molecule has 16 heavy (non-hydrogen) atoms. The Morgan fingerprint density at radius 2 is 2.31 bits per heavy atom. The Hall–Kier alpha value is -0.550. The molecule has 88 valence electrons. The number of esters is 1. The molecule has 0 aliphatic carbocycles. The van der Waals surface area contributed by atoms with Crippen LogP contribution in [0.15, 0.2) is 6.20 Å². The van der Waals surface area contributed by atoms with Crippen LogP contribution in [-0.4, -0.2) is 29.1 Å². The molecule has 1 aliphatic heterocycles. The van der Waals surface area contributed by atoms with Crippen molar-refractivity contribution < 1.29 is 9.53 Å². The summed E-state index contributed by atoms with van der Waals surface area (Å²) >= 11 is 3.49. The third-order valence-corrected chi connectivity index (χ3v) is 4.76. The zero-order valence-electron chi connectivity index (χ0n) is 9.27. The van der Waals surface area contributed by atoms with Crippen LogP contribution in [0.3, 0.4) is 0 Å². The SMILES string of the molecule is CCOC(=O)c1cnc(C2CCSCC2)s1. The molecule has 2 heterocycles. The number of ether oxygens (including phenoxy) is 1. The molecule has 0 atom stereocenters. The summed E-state index contributed by atoms with van der Waals surface area (Å²) < 4.78 is 4.96. The zero-order valence-corrected chi connectivity index (χ0v) is 10.9. The molecule has 1 aliphatic rings. The van der Waals surface area contributed by atoms with E-state index in [2.05, 4.69) is 4.98 Å². The zero-order chi connectivity index (χ0) is 11.4. The number of hydrogen-bond donors (Lipinski definition) is 0. The van der Waals surface area contributed by atoms with Gasteiger partial charge in [-0.25, -0.2) is 9.78 Å². The number of aromatic nitrogens is 1. The van der Waals surface area contributed by atoms with Crippen LogP contribution in [0.25, 0.3) is 0 Å². The highest BCUT2D eigenvalue weighted by Crippen LogP contribution is 2.33. The van der Waals surface area contributed by atoms with Crippen LogP contribution in [0.5, 0.6) is 0 Å². The van der Waals surface area contributed by atoms with E-state index in [1.807, 2.05) is 18.7 Å². The van der Waals surface area contributed by atoms with E-state index < -0.39 is 0 Å². The van der Waals surface area contributed by atoms with Gasteiger partial charge in [-0.3, -0.25) is 0 Å². The number of nitrogens with zero attached hydrogens (tertiary/aromatic N) is 1.